The maximum atomic E-state index is 11.8. The quantitative estimate of drug-likeness (QED) is 0.446. The molecule has 0 bridgehead atoms. The number of ketones is 1. The van der Waals surface area contributed by atoms with Crippen molar-refractivity contribution < 1.29 is 19.0 Å². The van der Waals surface area contributed by atoms with Gasteiger partial charge < -0.3 is 19.5 Å². The van der Waals surface area contributed by atoms with Gasteiger partial charge in [-0.2, -0.15) is 5.10 Å². The molecule has 31 heavy (non-hydrogen) atoms. The van der Waals surface area contributed by atoms with Crippen molar-refractivity contribution >= 4 is 22.9 Å². The van der Waals surface area contributed by atoms with Crippen LogP contribution < -0.4 is 19.5 Å². The molecule has 0 aliphatic heterocycles. The number of carbonyl (C=O) groups excluding carboxylic acids is 1. The molecule has 1 N–H and O–H groups in total. The number of nitrogens with one attached hydrogen (secondary N) is 1. The molecule has 0 saturated carbocycles. The number of ether oxygens (including phenoxy) is 3. The predicted octanol–water partition coefficient (Wildman–Crippen LogP) is 4.37. The molecular formula is C23H22N4O4. The zero-order valence-electron chi connectivity index (χ0n) is 17.7. The van der Waals surface area contributed by atoms with Gasteiger partial charge in [0, 0.05) is 35.1 Å². The first-order valence-corrected chi connectivity index (χ1v) is 9.57. The van der Waals surface area contributed by atoms with Gasteiger partial charge in [-0.05, 0) is 24.6 Å². The fourth-order valence-corrected chi connectivity index (χ4v) is 3.35. The van der Waals surface area contributed by atoms with Crippen LogP contribution in [0.5, 0.6) is 17.2 Å². The van der Waals surface area contributed by atoms with E-state index in [1.807, 2.05) is 30.5 Å². The Morgan fingerprint density at radius 2 is 1.74 bits per heavy atom. The van der Waals surface area contributed by atoms with E-state index in [1.165, 1.54) is 0 Å². The summed E-state index contributed by atoms with van der Waals surface area (Å²) in [6, 6.07) is 12.9. The minimum atomic E-state index is 0.0102. The zero-order chi connectivity index (χ0) is 22.0. The number of carbonyl (C=O) groups is 1. The highest BCUT2D eigenvalue weighted by Crippen LogP contribution is 2.40. The highest BCUT2D eigenvalue weighted by molar-refractivity contribution is 5.95. The molecule has 0 fully saturated rings. The summed E-state index contributed by atoms with van der Waals surface area (Å²) in [5, 5.41) is 7.65. The van der Waals surface area contributed by atoms with E-state index in [-0.39, 0.29) is 5.78 Å². The molecule has 4 aromatic rings. The summed E-state index contributed by atoms with van der Waals surface area (Å²) in [5.41, 5.74) is 3.74. The monoisotopic (exact) mass is 418 g/mol. The molecule has 0 radical (unpaired) electrons. The number of methoxy groups -OCH3 is 3. The standard InChI is InChI=1S/C23H22N4O4/c1-14(28)15-6-5-7-16(10-15)18-13-24-27-9-8-21(26-23(18)27)25-17-11-19(29-2)22(31-4)20(12-17)30-3/h5-13H,1-4H3,(H,25,26). The summed E-state index contributed by atoms with van der Waals surface area (Å²) in [7, 11) is 4.70. The lowest BCUT2D eigenvalue weighted by Crippen LogP contribution is -2.00. The summed E-state index contributed by atoms with van der Waals surface area (Å²) in [6.07, 6.45) is 3.56. The second kappa shape index (κ2) is 8.35. The molecule has 0 spiro atoms. The smallest absolute Gasteiger partial charge is 0.203 e. The van der Waals surface area contributed by atoms with E-state index in [9.17, 15) is 4.79 Å². The zero-order valence-corrected chi connectivity index (χ0v) is 17.7. The predicted molar refractivity (Wildman–Crippen MR) is 118 cm³/mol. The van der Waals surface area contributed by atoms with Crippen LogP contribution in [-0.2, 0) is 0 Å². The average Bonchev–Trinajstić information content (AvgIpc) is 3.21. The van der Waals surface area contributed by atoms with Gasteiger partial charge in [0.2, 0.25) is 5.75 Å². The molecule has 0 amide bonds. The third kappa shape index (κ3) is 3.87. The Morgan fingerprint density at radius 1 is 1.00 bits per heavy atom. The van der Waals surface area contributed by atoms with Crippen LogP contribution >= 0.6 is 0 Å². The molecular weight excluding hydrogens is 396 g/mol. The van der Waals surface area contributed by atoms with Crippen LogP contribution in [-0.4, -0.2) is 41.7 Å². The number of fused-ring (bicyclic) bond motifs is 1. The van der Waals surface area contributed by atoms with Crippen LogP contribution in [0.1, 0.15) is 17.3 Å². The van der Waals surface area contributed by atoms with Gasteiger partial charge in [-0.1, -0.05) is 18.2 Å². The van der Waals surface area contributed by atoms with Gasteiger partial charge in [-0.25, -0.2) is 9.50 Å². The average molecular weight is 418 g/mol. The van der Waals surface area contributed by atoms with E-state index >= 15 is 0 Å². The van der Waals surface area contributed by atoms with Crippen LogP contribution in [0.15, 0.2) is 54.9 Å². The van der Waals surface area contributed by atoms with Crippen LogP contribution in [0.25, 0.3) is 16.8 Å². The summed E-state index contributed by atoms with van der Waals surface area (Å²) in [4.78, 5) is 16.5. The molecule has 2 aromatic carbocycles. The Morgan fingerprint density at radius 3 is 2.39 bits per heavy atom. The lowest BCUT2D eigenvalue weighted by atomic mass is 10.0. The number of hydrogen-bond acceptors (Lipinski definition) is 7. The number of nitrogens with zero attached hydrogens (tertiary/aromatic N) is 3. The Balaban J connectivity index is 1.73. The highest BCUT2D eigenvalue weighted by Gasteiger charge is 2.15. The number of benzene rings is 2. The van der Waals surface area contributed by atoms with Crippen molar-refractivity contribution in [2.45, 2.75) is 6.92 Å². The lowest BCUT2D eigenvalue weighted by Gasteiger charge is -2.15. The minimum absolute atomic E-state index is 0.0102. The highest BCUT2D eigenvalue weighted by atomic mass is 16.5. The number of aromatic nitrogens is 3. The van der Waals surface area contributed by atoms with E-state index < -0.39 is 0 Å². The van der Waals surface area contributed by atoms with E-state index in [2.05, 4.69) is 10.4 Å². The molecule has 2 heterocycles. The molecule has 0 atom stereocenters. The molecule has 4 rings (SSSR count). The molecule has 8 nitrogen and oxygen atoms in total. The van der Waals surface area contributed by atoms with Crippen molar-refractivity contribution in [2.75, 3.05) is 26.6 Å². The number of Topliss-reactive ketones (excluding diaryl/α,β-unsaturated/α-hetero) is 1. The molecule has 8 heteroatoms. The molecule has 0 unspecified atom stereocenters. The largest absolute Gasteiger partial charge is 0.493 e. The SMILES string of the molecule is COc1cc(Nc2ccn3ncc(-c4cccc(C(C)=O)c4)c3n2)cc(OC)c1OC. The van der Waals surface area contributed by atoms with Gasteiger partial charge in [0.15, 0.2) is 22.9 Å². The van der Waals surface area contributed by atoms with Gasteiger partial charge in [-0.15, -0.1) is 0 Å². The topological polar surface area (TPSA) is 87.0 Å². The Bertz CT molecular complexity index is 1240. The lowest BCUT2D eigenvalue weighted by molar-refractivity contribution is 0.101. The van der Waals surface area contributed by atoms with Gasteiger partial charge in [0.05, 0.1) is 27.5 Å². The van der Waals surface area contributed by atoms with Crippen molar-refractivity contribution in [1.29, 1.82) is 0 Å². The number of hydrogen-bond donors (Lipinski definition) is 1. The summed E-state index contributed by atoms with van der Waals surface area (Å²) >= 11 is 0. The third-order valence-electron chi connectivity index (χ3n) is 4.89. The van der Waals surface area contributed by atoms with Crippen molar-refractivity contribution in [1.82, 2.24) is 14.6 Å². The normalized spacial score (nSPS) is 10.7. The number of rotatable bonds is 7. The van der Waals surface area contributed by atoms with E-state index in [0.29, 0.717) is 34.3 Å². The van der Waals surface area contributed by atoms with Crippen molar-refractivity contribution in [3.63, 3.8) is 0 Å². The maximum absolute atomic E-state index is 11.8. The molecule has 158 valence electrons. The van der Waals surface area contributed by atoms with Gasteiger partial charge in [0.25, 0.3) is 0 Å². The molecule has 0 aliphatic carbocycles. The van der Waals surface area contributed by atoms with E-state index in [1.54, 1.807) is 57.2 Å². The van der Waals surface area contributed by atoms with Crippen LogP contribution in [0.2, 0.25) is 0 Å². The van der Waals surface area contributed by atoms with Gasteiger partial charge >= 0.3 is 0 Å². The van der Waals surface area contributed by atoms with Crippen LogP contribution in [0.3, 0.4) is 0 Å². The summed E-state index contributed by atoms with van der Waals surface area (Å²) < 4.78 is 17.9. The molecule has 0 aliphatic rings. The third-order valence-corrected chi connectivity index (χ3v) is 4.89. The first-order valence-electron chi connectivity index (χ1n) is 9.57. The fraction of sp³-hybridized carbons (Fsp3) is 0.174. The first kappa shape index (κ1) is 20.2. The van der Waals surface area contributed by atoms with Gasteiger partial charge in [0.1, 0.15) is 5.82 Å². The Labute approximate surface area is 179 Å². The molecule has 0 saturated heterocycles. The minimum Gasteiger partial charge on any atom is -0.493 e. The Kier molecular flexibility index (Phi) is 5.44. The second-order valence-corrected chi connectivity index (χ2v) is 6.82. The Hall–Kier alpha value is -4.07. The van der Waals surface area contributed by atoms with Crippen LogP contribution in [0.4, 0.5) is 11.5 Å². The van der Waals surface area contributed by atoms with E-state index in [0.717, 1.165) is 16.8 Å². The van der Waals surface area contributed by atoms with Crippen molar-refractivity contribution in [3.05, 3.63) is 60.4 Å². The van der Waals surface area contributed by atoms with Crippen molar-refractivity contribution in [3.8, 4) is 28.4 Å². The maximum Gasteiger partial charge on any atom is 0.203 e. The molecule has 2 aromatic heterocycles. The summed E-state index contributed by atoms with van der Waals surface area (Å²) in [5.74, 6) is 2.22. The van der Waals surface area contributed by atoms with Crippen LogP contribution in [0, 0.1) is 0 Å². The first-order chi connectivity index (χ1) is 15.0. The fourth-order valence-electron chi connectivity index (χ4n) is 3.35. The number of anilines is 2. The van der Waals surface area contributed by atoms with Gasteiger partial charge in [-0.3, -0.25) is 4.79 Å². The second-order valence-electron chi connectivity index (χ2n) is 6.82. The van der Waals surface area contributed by atoms with Crippen molar-refractivity contribution in [2.24, 2.45) is 0 Å². The summed E-state index contributed by atoms with van der Waals surface area (Å²) in [6.45, 7) is 1.55. The van der Waals surface area contributed by atoms with E-state index in [4.69, 9.17) is 19.2 Å².